The number of methoxy groups -OCH3 is 2. The monoisotopic (exact) mass is 438 g/mol. The van der Waals surface area contributed by atoms with Crippen molar-refractivity contribution < 1.29 is 28.3 Å². The van der Waals surface area contributed by atoms with Crippen LogP contribution in [0.25, 0.3) is 11.0 Å². The minimum Gasteiger partial charge on any atom is -0.497 e. The molecular formula is C23H22N2O7. The predicted molar refractivity (Wildman–Crippen MR) is 115 cm³/mol. The molecule has 9 nitrogen and oxygen atoms in total. The molecule has 9 heteroatoms. The summed E-state index contributed by atoms with van der Waals surface area (Å²) < 4.78 is 15.2. The number of benzene rings is 2. The van der Waals surface area contributed by atoms with Crippen LogP contribution in [0.5, 0.6) is 5.75 Å². The van der Waals surface area contributed by atoms with Crippen molar-refractivity contribution in [2.75, 3.05) is 20.8 Å². The van der Waals surface area contributed by atoms with E-state index >= 15 is 0 Å². The Bertz CT molecular complexity index is 1190. The highest BCUT2D eigenvalue weighted by atomic mass is 16.5. The minimum atomic E-state index is -1.08. The van der Waals surface area contributed by atoms with Crippen molar-refractivity contribution in [3.8, 4) is 5.75 Å². The van der Waals surface area contributed by atoms with Gasteiger partial charge >= 0.3 is 11.6 Å². The third-order valence-electron chi connectivity index (χ3n) is 4.73. The van der Waals surface area contributed by atoms with Crippen LogP contribution in [0, 0.1) is 0 Å². The molecule has 32 heavy (non-hydrogen) atoms. The van der Waals surface area contributed by atoms with Crippen LogP contribution in [0.2, 0.25) is 0 Å². The molecule has 1 aromatic heterocycles. The zero-order valence-electron chi connectivity index (χ0n) is 17.5. The zero-order valence-corrected chi connectivity index (χ0v) is 17.5. The van der Waals surface area contributed by atoms with E-state index in [9.17, 15) is 19.2 Å². The summed E-state index contributed by atoms with van der Waals surface area (Å²) in [5.41, 5.74) is 0.577. The number of carbonyl (C=O) groups excluding carboxylic acids is 3. The Morgan fingerprint density at radius 3 is 2.47 bits per heavy atom. The third kappa shape index (κ3) is 5.51. The Labute approximate surface area is 183 Å². The lowest BCUT2D eigenvalue weighted by molar-refractivity contribution is -0.144. The van der Waals surface area contributed by atoms with E-state index in [2.05, 4.69) is 10.6 Å². The first kappa shape index (κ1) is 22.5. The van der Waals surface area contributed by atoms with Crippen LogP contribution in [-0.4, -0.2) is 44.6 Å². The van der Waals surface area contributed by atoms with Crippen molar-refractivity contribution in [2.45, 2.75) is 12.5 Å². The Kier molecular flexibility index (Phi) is 7.22. The summed E-state index contributed by atoms with van der Waals surface area (Å²) in [6, 6.07) is 13.6. The summed E-state index contributed by atoms with van der Waals surface area (Å²) in [6.07, 6.45) is -0.0144. The molecule has 0 unspecified atom stereocenters. The van der Waals surface area contributed by atoms with Crippen molar-refractivity contribution in [3.63, 3.8) is 0 Å². The first-order chi connectivity index (χ1) is 15.4. The fourth-order valence-corrected chi connectivity index (χ4v) is 3.16. The molecule has 0 aliphatic carbocycles. The van der Waals surface area contributed by atoms with Gasteiger partial charge in [0.1, 0.15) is 17.4 Å². The van der Waals surface area contributed by atoms with Gasteiger partial charge in [-0.15, -0.1) is 0 Å². The van der Waals surface area contributed by atoms with Gasteiger partial charge < -0.3 is 24.5 Å². The molecule has 0 bridgehead atoms. The summed E-state index contributed by atoms with van der Waals surface area (Å²) in [6.45, 7) is -0.337. The Hall–Kier alpha value is -4.14. The highest BCUT2D eigenvalue weighted by molar-refractivity contribution is 5.97. The average molecular weight is 438 g/mol. The van der Waals surface area contributed by atoms with Crippen LogP contribution in [-0.2, 0) is 20.7 Å². The number of rotatable bonds is 8. The molecule has 0 radical (unpaired) electrons. The van der Waals surface area contributed by atoms with E-state index in [1.165, 1.54) is 20.3 Å². The smallest absolute Gasteiger partial charge is 0.336 e. The van der Waals surface area contributed by atoms with Crippen molar-refractivity contribution in [3.05, 3.63) is 76.1 Å². The van der Waals surface area contributed by atoms with Crippen LogP contribution in [0.15, 0.2) is 63.8 Å². The van der Waals surface area contributed by atoms with Crippen molar-refractivity contribution in [1.29, 1.82) is 0 Å². The van der Waals surface area contributed by atoms with E-state index in [4.69, 9.17) is 13.9 Å². The molecule has 2 amide bonds. The molecular weight excluding hydrogens is 416 g/mol. The van der Waals surface area contributed by atoms with Crippen LogP contribution in [0.1, 0.15) is 15.9 Å². The van der Waals surface area contributed by atoms with Crippen LogP contribution >= 0.6 is 0 Å². The molecule has 3 rings (SSSR count). The van der Waals surface area contributed by atoms with Crippen molar-refractivity contribution in [2.24, 2.45) is 0 Å². The molecule has 0 saturated carbocycles. The summed E-state index contributed by atoms with van der Waals surface area (Å²) in [5, 5.41) is 5.63. The Morgan fingerprint density at radius 2 is 1.78 bits per heavy atom. The van der Waals surface area contributed by atoms with E-state index < -0.39 is 29.5 Å². The van der Waals surface area contributed by atoms with E-state index in [-0.39, 0.29) is 18.5 Å². The molecule has 3 aromatic rings. The van der Waals surface area contributed by atoms with Gasteiger partial charge in [0.25, 0.3) is 5.91 Å². The van der Waals surface area contributed by atoms with E-state index in [1.54, 1.807) is 48.5 Å². The van der Waals surface area contributed by atoms with Gasteiger partial charge in [-0.05, 0) is 29.8 Å². The Balaban J connectivity index is 1.74. The normalized spacial score (nSPS) is 11.4. The number of ether oxygens (including phenoxy) is 2. The lowest BCUT2D eigenvalue weighted by atomic mass is 10.0. The maximum absolute atomic E-state index is 12.4. The van der Waals surface area contributed by atoms with Gasteiger partial charge in [0.2, 0.25) is 5.91 Å². The topological polar surface area (TPSA) is 124 Å². The first-order valence-corrected chi connectivity index (χ1v) is 9.72. The summed E-state index contributed by atoms with van der Waals surface area (Å²) in [5.74, 6) is -1.19. The number of hydrogen-bond acceptors (Lipinski definition) is 7. The fraction of sp³-hybridized carbons (Fsp3) is 0.217. The van der Waals surface area contributed by atoms with E-state index in [1.807, 2.05) is 0 Å². The predicted octanol–water partition coefficient (Wildman–Crippen LogP) is 1.43. The van der Waals surface area contributed by atoms with Gasteiger partial charge in [-0.25, -0.2) is 9.59 Å². The third-order valence-corrected chi connectivity index (χ3v) is 4.73. The molecule has 166 valence electrons. The standard InChI is InChI=1S/C23H22N2O7/c1-30-16-8-9-17-15(11-21(27)32-19(17)12-16)10-18(23(29)31-2)25-20(26)13-24-22(28)14-6-4-3-5-7-14/h3-9,11-12,18H,10,13H2,1-2H3,(H,24,28)(H,25,26)/t18-/m0/s1. The first-order valence-electron chi connectivity index (χ1n) is 9.72. The SMILES string of the molecule is COC(=O)[C@H](Cc1cc(=O)oc2cc(OC)ccc12)NC(=O)CNC(=O)c1ccccc1. The molecule has 0 fully saturated rings. The second-order valence-corrected chi connectivity index (χ2v) is 6.85. The number of nitrogens with one attached hydrogen (secondary N) is 2. The average Bonchev–Trinajstić information content (AvgIpc) is 2.81. The van der Waals surface area contributed by atoms with Gasteiger partial charge in [0.05, 0.1) is 20.8 Å². The van der Waals surface area contributed by atoms with Gasteiger partial charge in [-0.1, -0.05) is 18.2 Å². The molecule has 1 atom stereocenters. The lowest BCUT2D eigenvalue weighted by Gasteiger charge is -2.17. The number of esters is 1. The molecule has 2 N–H and O–H groups in total. The maximum Gasteiger partial charge on any atom is 0.336 e. The quantitative estimate of drug-likeness (QED) is 0.403. The van der Waals surface area contributed by atoms with Crippen LogP contribution in [0.3, 0.4) is 0 Å². The lowest BCUT2D eigenvalue weighted by Crippen LogP contribution is -2.47. The van der Waals surface area contributed by atoms with Crippen molar-refractivity contribution in [1.82, 2.24) is 10.6 Å². The van der Waals surface area contributed by atoms with Gasteiger partial charge in [-0.3, -0.25) is 9.59 Å². The number of fused-ring (bicyclic) bond motifs is 1. The zero-order chi connectivity index (χ0) is 23.1. The highest BCUT2D eigenvalue weighted by Crippen LogP contribution is 2.23. The summed E-state index contributed by atoms with van der Waals surface area (Å²) in [7, 11) is 2.68. The minimum absolute atomic E-state index is 0.0144. The van der Waals surface area contributed by atoms with Crippen LogP contribution < -0.4 is 21.0 Å². The number of hydrogen-bond donors (Lipinski definition) is 2. The van der Waals surface area contributed by atoms with E-state index in [0.29, 0.717) is 22.3 Å². The van der Waals surface area contributed by atoms with E-state index in [0.717, 1.165) is 0 Å². The van der Waals surface area contributed by atoms with Gasteiger partial charge in [0, 0.05) is 29.5 Å². The Morgan fingerprint density at radius 1 is 1.03 bits per heavy atom. The maximum atomic E-state index is 12.4. The largest absolute Gasteiger partial charge is 0.497 e. The van der Waals surface area contributed by atoms with Crippen molar-refractivity contribution >= 4 is 28.8 Å². The second-order valence-electron chi connectivity index (χ2n) is 6.85. The molecule has 0 aliphatic rings. The molecule has 0 aliphatic heterocycles. The summed E-state index contributed by atoms with van der Waals surface area (Å²) >= 11 is 0. The van der Waals surface area contributed by atoms with Gasteiger partial charge in [0.15, 0.2) is 0 Å². The fourth-order valence-electron chi connectivity index (χ4n) is 3.16. The van der Waals surface area contributed by atoms with Crippen LogP contribution in [0.4, 0.5) is 0 Å². The molecule has 0 spiro atoms. The summed E-state index contributed by atoms with van der Waals surface area (Å²) in [4.78, 5) is 48.8. The highest BCUT2D eigenvalue weighted by Gasteiger charge is 2.24. The van der Waals surface area contributed by atoms with Gasteiger partial charge in [-0.2, -0.15) is 0 Å². The number of amides is 2. The molecule has 1 heterocycles. The molecule has 2 aromatic carbocycles. The second kappa shape index (κ2) is 10.3. The molecule has 0 saturated heterocycles. The number of carbonyl (C=O) groups is 3.